The summed E-state index contributed by atoms with van der Waals surface area (Å²) in [6.45, 7) is 5.67. The van der Waals surface area contributed by atoms with Crippen LogP contribution in [0.4, 0.5) is 0 Å². The average molecular weight is 262 g/mol. The maximum Gasteiger partial charge on any atom is 0.0947 e. The van der Waals surface area contributed by atoms with Gasteiger partial charge in [0.25, 0.3) is 0 Å². The Morgan fingerprint density at radius 2 is 2.16 bits per heavy atom. The van der Waals surface area contributed by atoms with Gasteiger partial charge in [0.15, 0.2) is 0 Å². The van der Waals surface area contributed by atoms with E-state index in [0.29, 0.717) is 12.1 Å². The highest BCUT2D eigenvalue weighted by Gasteiger charge is 2.30. The van der Waals surface area contributed by atoms with Crippen molar-refractivity contribution >= 4 is 0 Å². The number of rotatable bonds is 3. The Labute approximate surface area is 116 Å². The van der Waals surface area contributed by atoms with Crippen LogP contribution >= 0.6 is 0 Å². The summed E-state index contributed by atoms with van der Waals surface area (Å²) in [4.78, 5) is 2.61. The molecule has 1 aliphatic carbocycles. The van der Waals surface area contributed by atoms with Gasteiger partial charge in [0.2, 0.25) is 0 Å². The molecular weight excluding hydrogens is 236 g/mol. The molecule has 0 aromatic carbocycles. The van der Waals surface area contributed by atoms with Crippen molar-refractivity contribution in [1.82, 2.24) is 10.2 Å². The molecule has 0 bridgehead atoms. The third-order valence-electron chi connectivity index (χ3n) is 4.91. The second kappa shape index (κ2) is 6.10. The minimum Gasteiger partial charge on any atom is -0.472 e. The van der Waals surface area contributed by atoms with Crippen LogP contribution in [0.15, 0.2) is 23.0 Å². The molecule has 3 heteroatoms. The molecule has 1 aromatic rings. The molecule has 1 aliphatic heterocycles. The van der Waals surface area contributed by atoms with Crippen LogP contribution in [0, 0.1) is 5.92 Å². The van der Waals surface area contributed by atoms with Crippen LogP contribution in [0.25, 0.3) is 0 Å². The lowest BCUT2D eigenvalue weighted by Crippen LogP contribution is -2.57. The van der Waals surface area contributed by atoms with E-state index in [0.717, 1.165) is 19.0 Å². The highest BCUT2D eigenvalue weighted by Crippen LogP contribution is 2.28. The van der Waals surface area contributed by atoms with Gasteiger partial charge in [0.1, 0.15) is 0 Å². The Hall–Kier alpha value is -0.800. The maximum absolute atomic E-state index is 5.19. The SMILES string of the molecule is CC1CNC(C2CCCCC2)CN1Cc1ccoc1. The van der Waals surface area contributed by atoms with Crippen LogP contribution < -0.4 is 5.32 Å². The van der Waals surface area contributed by atoms with Crippen LogP contribution in [-0.2, 0) is 6.54 Å². The molecule has 1 N–H and O–H groups in total. The predicted octanol–water partition coefficient (Wildman–Crippen LogP) is 3.02. The summed E-state index contributed by atoms with van der Waals surface area (Å²) in [5.74, 6) is 0.896. The number of nitrogens with one attached hydrogen (secondary N) is 1. The first-order chi connectivity index (χ1) is 9.33. The molecule has 2 atom stereocenters. The minimum atomic E-state index is 0.620. The standard InChI is InChI=1S/C16H26N2O/c1-13-9-17-16(15-5-3-2-4-6-15)11-18(13)10-14-7-8-19-12-14/h7-8,12-13,15-17H,2-6,9-11H2,1H3. The molecule has 1 saturated heterocycles. The Morgan fingerprint density at radius 3 is 2.89 bits per heavy atom. The fraction of sp³-hybridized carbons (Fsp3) is 0.750. The third-order valence-corrected chi connectivity index (χ3v) is 4.91. The monoisotopic (exact) mass is 262 g/mol. The Morgan fingerprint density at radius 1 is 1.32 bits per heavy atom. The minimum absolute atomic E-state index is 0.620. The van der Waals surface area contributed by atoms with Gasteiger partial charge in [-0.1, -0.05) is 19.3 Å². The number of hydrogen-bond donors (Lipinski definition) is 1. The van der Waals surface area contributed by atoms with E-state index in [-0.39, 0.29) is 0 Å². The Balaban J connectivity index is 1.59. The molecule has 0 spiro atoms. The highest BCUT2D eigenvalue weighted by molar-refractivity contribution is 5.06. The number of hydrogen-bond acceptors (Lipinski definition) is 3. The van der Waals surface area contributed by atoms with E-state index in [9.17, 15) is 0 Å². The van der Waals surface area contributed by atoms with E-state index in [1.54, 1.807) is 6.26 Å². The molecule has 0 radical (unpaired) electrons. The van der Waals surface area contributed by atoms with E-state index in [1.807, 2.05) is 6.26 Å². The van der Waals surface area contributed by atoms with Crippen molar-refractivity contribution in [3.8, 4) is 0 Å². The van der Waals surface area contributed by atoms with Crippen LogP contribution in [-0.4, -0.2) is 30.1 Å². The average Bonchev–Trinajstić information content (AvgIpc) is 2.95. The molecular formula is C16H26N2O. The van der Waals surface area contributed by atoms with Crippen LogP contribution in [0.1, 0.15) is 44.6 Å². The highest BCUT2D eigenvalue weighted by atomic mass is 16.3. The third kappa shape index (κ3) is 3.21. The van der Waals surface area contributed by atoms with Gasteiger partial charge in [-0.25, -0.2) is 0 Å². The zero-order chi connectivity index (χ0) is 13.1. The molecule has 2 aliphatic rings. The van der Waals surface area contributed by atoms with Gasteiger partial charge in [-0.15, -0.1) is 0 Å². The van der Waals surface area contributed by atoms with Crippen LogP contribution in [0.2, 0.25) is 0 Å². The van der Waals surface area contributed by atoms with E-state index in [4.69, 9.17) is 4.42 Å². The summed E-state index contributed by atoms with van der Waals surface area (Å²) >= 11 is 0. The van der Waals surface area contributed by atoms with Crippen molar-refractivity contribution in [2.24, 2.45) is 5.92 Å². The van der Waals surface area contributed by atoms with Crippen molar-refractivity contribution in [2.75, 3.05) is 13.1 Å². The van der Waals surface area contributed by atoms with Gasteiger partial charge < -0.3 is 9.73 Å². The maximum atomic E-state index is 5.19. The molecule has 0 amide bonds. The molecule has 3 nitrogen and oxygen atoms in total. The molecule has 3 rings (SSSR count). The van der Waals surface area contributed by atoms with E-state index in [1.165, 1.54) is 44.2 Å². The molecule has 1 aromatic heterocycles. The van der Waals surface area contributed by atoms with Crippen molar-refractivity contribution in [3.05, 3.63) is 24.2 Å². The van der Waals surface area contributed by atoms with Crippen molar-refractivity contribution < 1.29 is 4.42 Å². The van der Waals surface area contributed by atoms with Crippen LogP contribution in [0.3, 0.4) is 0 Å². The lowest BCUT2D eigenvalue weighted by molar-refractivity contribution is 0.0979. The normalized spacial score (nSPS) is 30.6. The quantitative estimate of drug-likeness (QED) is 0.907. The zero-order valence-electron chi connectivity index (χ0n) is 12.0. The lowest BCUT2D eigenvalue weighted by atomic mass is 9.82. The molecule has 2 unspecified atom stereocenters. The van der Waals surface area contributed by atoms with E-state index in [2.05, 4.69) is 23.2 Å². The lowest BCUT2D eigenvalue weighted by Gasteiger charge is -2.42. The van der Waals surface area contributed by atoms with Gasteiger partial charge in [0, 0.05) is 37.3 Å². The van der Waals surface area contributed by atoms with Gasteiger partial charge in [0.05, 0.1) is 12.5 Å². The summed E-state index contributed by atoms with van der Waals surface area (Å²) in [5.41, 5.74) is 1.30. The first-order valence-electron chi connectivity index (χ1n) is 7.81. The number of nitrogens with zero attached hydrogens (tertiary/aromatic N) is 1. The molecule has 2 heterocycles. The fourth-order valence-corrected chi connectivity index (χ4v) is 3.64. The second-order valence-corrected chi connectivity index (χ2v) is 6.32. The van der Waals surface area contributed by atoms with Gasteiger partial charge in [-0.2, -0.15) is 0 Å². The van der Waals surface area contributed by atoms with Crippen molar-refractivity contribution in [3.63, 3.8) is 0 Å². The largest absolute Gasteiger partial charge is 0.472 e. The topological polar surface area (TPSA) is 28.4 Å². The van der Waals surface area contributed by atoms with Gasteiger partial charge >= 0.3 is 0 Å². The summed E-state index contributed by atoms with van der Waals surface area (Å²) in [6, 6.07) is 3.41. The predicted molar refractivity (Wildman–Crippen MR) is 76.9 cm³/mol. The number of piperazine rings is 1. The Kier molecular flexibility index (Phi) is 4.24. The van der Waals surface area contributed by atoms with Crippen LogP contribution in [0.5, 0.6) is 0 Å². The summed E-state index contributed by atoms with van der Waals surface area (Å²) in [5, 5.41) is 3.78. The van der Waals surface area contributed by atoms with Gasteiger partial charge in [-0.3, -0.25) is 4.90 Å². The summed E-state index contributed by atoms with van der Waals surface area (Å²) in [7, 11) is 0. The summed E-state index contributed by atoms with van der Waals surface area (Å²) in [6.07, 6.45) is 10.8. The Bertz CT molecular complexity index is 370. The smallest absolute Gasteiger partial charge is 0.0947 e. The van der Waals surface area contributed by atoms with E-state index >= 15 is 0 Å². The van der Waals surface area contributed by atoms with Crippen molar-refractivity contribution in [1.29, 1.82) is 0 Å². The molecule has 1 saturated carbocycles. The molecule has 2 fully saturated rings. The first-order valence-corrected chi connectivity index (χ1v) is 7.81. The van der Waals surface area contributed by atoms with Gasteiger partial charge in [-0.05, 0) is 31.7 Å². The summed E-state index contributed by atoms with van der Waals surface area (Å²) < 4.78 is 5.19. The number of furan rings is 1. The van der Waals surface area contributed by atoms with Crippen molar-refractivity contribution in [2.45, 2.75) is 57.7 Å². The van der Waals surface area contributed by atoms with E-state index < -0.39 is 0 Å². The molecule has 106 valence electrons. The zero-order valence-corrected chi connectivity index (χ0v) is 12.0. The second-order valence-electron chi connectivity index (χ2n) is 6.32. The molecule has 19 heavy (non-hydrogen) atoms. The first kappa shape index (κ1) is 13.2. The fourth-order valence-electron chi connectivity index (χ4n) is 3.64.